The van der Waals surface area contributed by atoms with Crippen molar-refractivity contribution in [3.8, 4) is 5.75 Å². The van der Waals surface area contributed by atoms with Crippen LogP contribution in [0.5, 0.6) is 5.75 Å². The molecule has 162 valence electrons. The molecule has 1 atom stereocenters. The summed E-state index contributed by atoms with van der Waals surface area (Å²) in [6.45, 7) is 10.9. The topological polar surface area (TPSA) is 78.9 Å². The van der Waals surface area contributed by atoms with Gasteiger partial charge < -0.3 is 9.64 Å². The van der Waals surface area contributed by atoms with Gasteiger partial charge in [0.2, 0.25) is 5.91 Å². The van der Waals surface area contributed by atoms with Crippen LogP contribution in [-0.2, 0) is 21.6 Å². The van der Waals surface area contributed by atoms with E-state index in [1.54, 1.807) is 5.48 Å². The molecule has 2 aromatic carbocycles. The number of hydrogen-bond acceptors (Lipinski definition) is 4. The summed E-state index contributed by atoms with van der Waals surface area (Å²) in [6.07, 6.45) is 0.618. The first-order valence-corrected chi connectivity index (χ1v) is 10.3. The van der Waals surface area contributed by atoms with Gasteiger partial charge in [-0.3, -0.25) is 14.8 Å². The van der Waals surface area contributed by atoms with Crippen LogP contribution in [0, 0.1) is 13.8 Å². The third-order valence-electron chi connectivity index (χ3n) is 5.28. The van der Waals surface area contributed by atoms with E-state index < -0.39 is 11.3 Å². The minimum Gasteiger partial charge on any atom is -0.489 e. The van der Waals surface area contributed by atoms with Crippen LogP contribution < -0.4 is 10.2 Å². The van der Waals surface area contributed by atoms with E-state index in [4.69, 9.17) is 9.94 Å². The van der Waals surface area contributed by atoms with Gasteiger partial charge in [-0.2, -0.15) is 0 Å². The van der Waals surface area contributed by atoms with Crippen molar-refractivity contribution in [1.29, 1.82) is 0 Å². The molecule has 2 aromatic rings. The number of benzene rings is 2. The summed E-state index contributed by atoms with van der Waals surface area (Å²) in [5, 5.41) is 8.67. The number of carbonyl (C=O) groups is 2. The molecule has 3 rings (SSSR count). The van der Waals surface area contributed by atoms with E-state index >= 15 is 0 Å². The van der Waals surface area contributed by atoms with Crippen molar-refractivity contribution in [3.05, 3.63) is 64.7 Å². The highest BCUT2D eigenvalue weighted by molar-refractivity contribution is 5.93. The number of nitrogens with zero attached hydrogens (tertiary/aromatic N) is 1. The van der Waals surface area contributed by atoms with Crippen LogP contribution in [0.1, 0.15) is 49.4 Å². The van der Waals surface area contributed by atoms with Crippen molar-refractivity contribution in [3.63, 3.8) is 0 Å². The van der Waals surface area contributed by atoms with Crippen molar-refractivity contribution in [2.24, 2.45) is 0 Å². The Bertz CT molecular complexity index is 859. The maximum absolute atomic E-state index is 12.8. The summed E-state index contributed by atoms with van der Waals surface area (Å²) >= 11 is 0. The first kappa shape index (κ1) is 23.4. The lowest BCUT2D eigenvalue weighted by atomic mass is 9.81. The maximum atomic E-state index is 12.8. The Kier molecular flexibility index (Phi) is 8.00. The third-order valence-corrected chi connectivity index (χ3v) is 5.28. The van der Waals surface area contributed by atoms with Gasteiger partial charge in [0.15, 0.2) is 0 Å². The van der Waals surface area contributed by atoms with E-state index in [1.165, 1.54) is 16.0 Å². The van der Waals surface area contributed by atoms with Crippen LogP contribution >= 0.6 is 0 Å². The molecule has 0 radical (unpaired) electrons. The van der Waals surface area contributed by atoms with E-state index in [0.29, 0.717) is 19.6 Å². The Morgan fingerprint density at radius 1 is 1.13 bits per heavy atom. The van der Waals surface area contributed by atoms with Gasteiger partial charge in [-0.15, -0.1) is 0 Å². The molecule has 30 heavy (non-hydrogen) atoms. The number of amides is 2. The molecule has 1 saturated heterocycles. The van der Waals surface area contributed by atoms with Gasteiger partial charge >= 0.3 is 0 Å². The molecular weight excluding hydrogens is 380 g/mol. The number of rotatable bonds is 6. The fourth-order valence-corrected chi connectivity index (χ4v) is 3.78. The minimum atomic E-state index is -0.679. The predicted molar refractivity (Wildman–Crippen MR) is 117 cm³/mol. The second kappa shape index (κ2) is 10.3. The van der Waals surface area contributed by atoms with Crippen LogP contribution in [0.2, 0.25) is 0 Å². The van der Waals surface area contributed by atoms with Crippen LogP contribution in [-0.4, -0.2) is 35.0 Å². The molecular formula is C24H32N2O4. The lowest BCUT2D eigenvalue weighted by Crippen LogP contribution is -2.41. The van der Waals surface area contributed by atoms with Crippen molar-refractivity contribution < 1.29 is 19.5 Å². The number of likely N-dealkylation sites (tertiary alicyclic amines) is 1. The number of nitrogens with one attached hydrogen (secondary N) is 1. The highest BCUT2D eigenvalue weighted by Crippen LogP contribution is 2.36. The molecule has 1 heterocycles. The zero-order valence-corrected chi connectivity index (χ0v) is 18.5. The lowest BCUT2D eigenvalue weighted by Gasteiger charge is -2.24. The molecule has 0 aliphatic carbocycles. The number of hydroxylamine groups is 1. The Labute approximate surface area is 178 Å². The van der Waals surface area contributed by atoms with Crippen LogP contribution in [0.4, 0.5) is 0 Å². The van der Waals surface area contributed by atoms with Gasteiger partial charge in [0, 0.05) is 6.54 Å². The normalized spacial score (nSPS) is 17.9. The molecule has 0 unspecified atom stereocenters. The number of carbonyl (C=O) groups excluding carboxylic acids is 2. The molecule has 1 aliphatic heterocycles. The first-order chi connectivity index (χ1) is 14.3. The first-order valence-electron chi connectivity index (χ1n) is 10.3. The van der Waals surface area contributed by atoms with Crippen molar-refractivity contribution in [2.75, 3.05) is 13.1 Å². The van der Waals surface area contributed by atoms with Gasteiger partial charge in [-0.05, 0) is 50.5 Å². The smallest absolute Gasteiger partial charge is 0.262 e. The molecule has 2 amide bonds. The summed E-state index contributed by atoms with van der Waals surface area (Å²) in [4.78, 5) is 25.6. The van der Waals surface area contributed by atoms with Crippen LogP contribution in [0.15, 0.2) is 42.5 Å². The SMILES string of the molecule is CC.Cc1cc(C)cc(COc2ccc([C@]3(C)CCN(CC(=O)NO)C3=O)cc2)c1. The van der Waals surface area contributed by atoms with Gasteiger partial charge in [-0.1, -0.05) is 55.3 Å². The molecule has 1 fully saturated rings. The van der Waals surface area contributed by atoms with Gasteiger partial charge in [0.1, 0.15) is 18.9 Å². The number of hydrogen-bond donors (Lipinski definition) is 2. The van der Waals surface area contributed by atoms with Crippen LogP contribution in [0.25, 0.3) is 0 Å². The molecule has 6 heteroatoms. The highest BCUT2D eigenvalue weighted by atomic mass is 16.5. The standard InChI is InChI=1S/C22H26N2O4.C2H6/c1-15-10-16(2)12-17(11-15)14-28-19-6-4-18(5-7-19)22(3)8-9-24(21(22)26)13-20(25)23-27;1-2/h4-7,10-12,27H,8-9,13-14H2,1-3H3,(H,23,25);1-2H3/t22-;/m0./s1. The Morgan fingerprint density at radius 2 is 1.73 bits per heavy atom. The Morgan fingerprint density at radius 3 is 2.30 bits per heavy atom. The highest BCUT2D eigenvalue weighted by Gasteiger charge is 2.44. The fraction of sp³-hybridized carbons (Fsp3) is 0.417. The van der Waals surface area contributed by atoms with Gasteiger partial charge in [0.25, 0.3) is 5.91 Å². The third kappa shape index (κ3) is 5.39. The molecule has 6 nitrogen and oxygen atoms in total. The molecule has 2 N–H and O–H groups in total. The zero-order valence-electron chi connectivity index (χ0n) is 18.5. The summed E-state index contributed by atoms with van der Waals surface area (Å²) in [5.41, 5.74) is 5.33. The zero-order chi connectivity index (χ0) is 22.3. The fourth-order valence-electron chi connectivity index (χ4n) is 3.78. The van der Waals surface area contributed by atoms with Crippen molar-refractivity contribution in [1.82, 2.24) is 10.4 Å². The molecule has 0 bridgehead atoms. The Balaban J connectivity index is 0.00000155. The summed E-state index contributed by atoms with van der Waals surface area (Å²) in [7, 11) is 0. The molecule has 0 aromatic heterocycles. The monoisotopic (exact) mass is 412 g/mol. The minimum absolute atomic E-state index is 0.111. The number of aryl methyl sites for hydroxylation is 2. The van der Waals surface area contributed by atoms with Crippen molar-refractivity contribution in [2.45, 2.75) is 53.1 Å². The van der Waals surface area contributed by atoms with E-state index in [9.17, 15) is 9.59 Å². The number of ether oxygens (including phenoxy) is 1. The molecule has 0 saturated carbocycles. The Hall–Kier alpha value is -2.86. The maximum Gasteiger partial charge on any atom is 0.262 e. The second-order valence-corrected chi connectivity index (χ2v) is 7.65. The van der Waals surface area contributed by atoms with Gasteiger partial charge in [-0.25, -0.2) is 5.48 Å². The molecule has 1 aliphatic rings. The molecule has 0 spiro atoms. The largest absolute Gasteiger partial charge is 0.489 e. The average Bonchev–Trinajstić information content (AvgIpc) is 3.03. The van der Waals surface area contributed by atoms with E-state index in [1.807, 2.05) is 45.0 Å². The quantitative estimate of drug-likeness (QED) is 0.557. The average molecular weight is 413 g/mol. The van der Waals surface area contributed by atoms with Crippen molar-refractivity contribution >= 4 is 11.8 Å². The van der Waals surface area contributed by atoms with Gasteiger partial charge in [0.05, 0.1) is 5.41 Å². The summed E-state index contributed by atoms with van der Waals surface area (Å²) in [5.74, 6) is 0.0428. The summed E-state index contributed by atoms with van der Waals surface area (Å²) in [6, 6.07) is 13.9. The summed E-state index contributed by atoms with van der Waals surface area (Å²) < 4.78 is 5.89. The lowest BCUT2D eigenvalue weighted by molar-refractivity contribution is -0.139. The van der Waals surface area contributed by atoms with E-state index in [-0.39, 0.29) is 12.5 Å². The second-order valence-electron chi connectivity index (χ2n) is 7.65. The van der Waals surface area contributed by atoms with E-state index in [2.05, 4.69) is 32.0 Å². The van der Waals surface area contributed by atoms with E-state index in [0.717, 1.165) is 16.9 Å². The predicted octanol–water partition coefficient (Wildman–Crippen LogP) is 3.90. The van der Waals surface area contributed by atoms with Crippen LogP contribution in [0.3, 0.4) is 0 Å².